The van der Waals surface area contributed by atoms with Gasteiger partial charge < -0.3 is 15.5 Å². The quantitative estimate of drug-likeness (QED) is 0.707. The van der Waals surface area contributed by atoms with Gasteiger partial charge >= 0.3 is 0 Å². The van der Waals surface area contributed by atoms with Crippen LogP contribution < -0.4 is 10.6 Å². The molecule has 2 aliphatic heterocycles. The second-order valence-electron chi connectivity index (χ2n) is 8.23. The van der Waals surface area contributed by atoms with E-state index in [4.69, 9.17) is 0 Å². The SMILES string of the molecule is CC(c1ccccc1)N(C)C(=O)CN1CCCC(CNC(=O)C2CCCN2)C1.Cl. The molecule has 2 fully saturated rings. The van der Waals surface area contributed by atoms with E-state index in [1.54, 1.807) is 0 Å². The van der Waals surface area contributed by atoms with Crippen LogP contribution in [0.15, 0.2) is 30.3 Å². The molecule has 0 saturated carbocycles. The Balaban J connectivity index is 0.00000300. The summed E-state index contributed by atoms with van der Waals surface area (Å²) in [6.07, 6.45) is 4.20. The molecule has 0 bridgehead atoms. The number of benzene rings is 1. The van der Waals surface area contributed by atoms with E-state index in [9.17, 15) is 9.59 Å². The first-order valence-electron chi connectivity index (χ1n) is 10.6. The smallest absolute Gasteiger partial charge is 0.237 e. The monoisotopic (exact) mass is 422 g/mol. The van der Waals surface area contributed by atoms with Crippen molar-refractivity contribution in [3.63, 3.8) is 0 Å². The van der Waals surface area contributed by atoms with Crippen molar-refractivity contribution in [2.45, 2.75) is 44.7 Å². The zero-order chi connectivity index (χ0) is 19.9. The first-order valence-corrected chi connectivity index (χ1v) is 10.6. The lowest BCUT2D eigenvalue weighted by Crippen LogP contribution is -2.47. The third-order valence-corrected chi connectivity index (χ3v) is 6.16. The van der Waals surface area contributed by atoms with Gasteiger partial charge in [0.15, 0.2) is 0 Å². The number of rotatable bonds is 7. The lowest BCUT2D eigenvalue weighted by Gasteiger charge is -2.34. The fourth-order valence-corrected chi connectivity index (χ4v) is 4.21. The van der Waals surface area contributed by atoms with Gasteiger partial charge in [-0.2, -0.15) is 0 Å². The van der Waals surface area contributed by atoms with Gasteiger partial charge in [0.1, 0.15) is 0 Å². The van der Waals surface area contributed by atoms with E-state index in [2.05, 4.69) is 34.6 Å². The Kier molecular flexibility index (Phi) is 9.40. The normalized spacial score (nSPS) is 23.1. The minimum Gasteiger partial charge on any atom is -0.354 e. The maximum absolute atomic E-state index is 12.8. The van der Waals surface area contributed by atoms with Crippen LogP contribution in [0.2, 0.25) is 0 Å². The molecule has 2 saturated heterocycles. The molecular weight excluding hydrogens is 388 g/mol. The van der Waals surface area contributed by atoms with E-state index < -0.39 is 0 Å². The molecule has 0 spiro atoms. The van der Waals surface area contributed by atoms with E-state index >= 15 is 0 Å². The molecule has 2 N–H and O–H groups in total. The highest BCUT2D eigenvalue weighted by atomic mass is 35.5. The Morgan fingerprint density at radius 1 is 1.24 bits per heavy atom. The number of likely N-dealkylation sites (tertiary alicyclic amines) is 1. The fraction of sp³-hybridized carbons (Fsp3) is 0.636. The molecule has 7 heteroatoms. The van der Waals surface area contributed by atoms with E-state index in [1.165, 1.54) is 0 Å². The highest BCUT2D eigenvalue weighted by molar-refractivity contribution is 5.85. The Morgan fingerprint density at radius 2 is 2.00 bits per heavy atom. The van der Waals surface area contributed by atoms with Crippen molar-refractivity contribution in [3.8, 4) is 0 Å². The molecule has 0 radical (unpaired) electrons. The molecule has 1 aromatic carbocycles. The minimum absolute atomic E-state index is 0. The average molecular weight is 423 g/mol. The van der Waals surface area contributed by atoms with Gasteiger partial charge in [-0.1, -0.05) is 30.3 Å². The molecule has 162 valence electrons. The van der Waals surface area contributed by atoms with Crippen LogP contribution in [0.5, 0.6) is 0 Å². The lowest BCUT2D eigenvalue weighted by atomic mass is 9.97. The van der Waals surface area contributed by atoms with Crippen molar-refractivity contribution < 1.29 is 9.59 Å². The molecule has 2 amide bonds. The zero-order valence-corrected chi connectivity index (χ0v) is 18.4. The van der Waals surface area contributed by atoms with Crippen LogP contribution in [0.25, 0.3) is 0 Å². The van der Waals surface area contributed by atoms with Gasteiger partial charge in [-0.25, -0.2) is 0 Å². The number of carbonyl (C=O) groups excluding carboxylic acids is 2. The van der Waals surface area contributed by atoms with Crippen LogP contribution in [0.4, 0.5) is 0 Å². The molecule has 6 nitrogen and oxygen atoms in total. The minimum atomic E-state index is -0.0191. The topological polar surface area (TPSA) is 64.7 Å². The van der Waals surface area contributed by atoms with Crippen LogP contribution in [-0.4, -0.2) is 67.4 Å². The van der Waals surface area contributed by atoms with E-state index in [-0.39, 0.29) is 36.3 Å². The summed E-state index contributed by atoms with van der Waals surface area (Å²) < 4.78 is 0. The number of halogens is 1. The lowest BCUT2D eigenvalue weighted by molar-refractivity contribution is -0.133. The number of hydrogen-bond donors (Lipinski definition) is 2. The predicted octanol–water partition coefficient (Wildman–Crippen LogP) is 2.21. The van der Waals surface area contributed by atoms with Crippen LogP contribution >= 0.6 is 12.4 Å². The average Bonchev–Trinajstić information content (AvgIpc) is 3.27. The molecular formula is C22H35ClN4O2. The van der Waals surface area contributed by atoms with E-state index in [1.807, 2.05) is 30.1 Å². The van der Waals surface area contributed by atoms with Gasteiger partial charge in [-0.3, -0.25) is 14.5 Å². The highest BCUT2D eigenvalue weighted by Gasteiger charge is 2.26. The van der Waals surface area contributed by atoms with Crippen LogP contribution in [0.1, 0.15) is 44.2 Å². The number of nitrogens with one attached hydrogen (secondary N) is 2. The maximum atomic E-state index is 12.8. The first kappa shape index (κ1) is 23.6. The summed E-state index contributed by atoms with van der Waals surface area (Å²) in [7, 11) is 1.89. The van der Waals surface area contributed by atoms with Crippen LogP contribution in [-0.2, 0) is 9.59 Å². The summed E-state index contributed by atoms with van der Waals surface area (Å²) in [5.41, 5.74) is 1.15. The molecule has 0 aliphatic carbocycles. The van der Waals surface area contributed by atoms with Crippen molar-refractivity contribution in [2.24, 2.45) is 5.92 Å². The number of amides is 2. The fourth-order valence-electron chi connectivity index (χ4n) is 4.21. The van der Waals surface area contributed by atoms with Gasteiger partial charge in [0.2, 0.25) is 11.8 Å². The van der Waals surface area contributed by atoms with Gasteiger partial charge in [0, 0.05) is 20.1 Å². The Morgan fingerprint density at radius 3 is 2.69 bits per heavy atom. The molecule has 3 unspecified atom stereocenters. The molecule has 3 rings (SSSR count). The molecule has 29 heavy (non-hydrogen) atoms. The standard InChI is InChI=1S/C22H34N4O2.ClH/c1-17(19-9-4-3-5-10-19)25(2)21(27)16-26-13-7-8-18(15-26)14-24-22(28)20-11-6-12-23-20;/h3-5,9-10,17-18,20,23H,6-8,11-16H2,1-2H3,(H,24,28);1H. The summed E-state index contributed by atoms with van der Waals surface area (Å²) in [4.78, 5) is 29.1. The van der Waals surface area contributed by atoms with Crippen LogP contribution in [0, 0.1) is 5.92 Å². The number of hydrogen-bond acceptors (Lipinski definition) is 4. The Bertz CT molecular complexity index is 651. The van der Waals surface area contributed by atoms with Crippen molar-refractivity contribution >= 4 is 24.2 Å². The molecule has 0 aromatic heterocycles. The van der Waals surface area contributed by atoms with Gasteiger partial charge in [0.25, 0.3) is 0 Å². The summed E-state index contributed by atoms with van der Waals surface area (Å²) in [6.45, 7) is 5.98. The summed E-state index contributed by atoms with van der Waals surface area (Å²) in [5.74, 6) is 0.696. The van der Waals surface area contributed by atoms with E-state index in [0.29, 0.717) is 19.0 Å². The number of piperidine rings is 1. The summed E-state index contributed by atoms with van der Waals surface area (Å²) >= 11 is 0. The second-order valence-corrected chi connectivity index (χ2v) is 8.23. The van der Waals surface area contributed by atoms with E-state index in [0.717, 1.165) is 50.9 Å². The van der Waals surface area contributed by atoms with Crippen molar-refractivity contribution in [2.75, 3.05) is 39.8 Å². The second kappa shape index (κ2) is 11.5. The van der Waals surface area contributed by atoms with Gasteiger partial charge in [-0.15, -0.1) is 12.4 Å². The summed E-state index contributed by atoms with van der Waals surface area (Å²) in [6, 6.07) is 10.2. The molecule has 2 heterocycles. The van der Waals surface area contributed by atoms with Crippen molar-refractivity contribution in [3.05, 3.63) is 35.9 Å². The Hall–Kier alpha value is -1.63. The van der Waals surface area contributed by atoms with Gasteiger partial charge in [0.05, 0.1) is 18.6 Å². The number of carbonyl (C=O) groups is 2. The molecule has 2 aliphatic rings. The van der Waals surface area contributed by atoms with Gasteiger partial charge in [-0.05, 0) is 57.2 Å². The first-order chi connectivity index (χ1) is 13.5. The van der Waals surface area contributed by atoms with Crippen molar-refractivity contribution in [1.29, 1.82) is 0 Å². The molecule has 3 atom stereocenters. The highest BCUT2D eigenvalue weighted by Crippen LogP contribution is 2.20. The third kappa shape index (κ3) is 6.69. The summed E-state index contributed by atoms with van der Waals surface area (Å²) in [5, 5.41) is 6.35. The number of likely N-dealkylation sites (N-methyl/N-ethyl adjacent to an activating group) is 1. The van der Waals surface area contributed by atoms with Crippen LogP contribution in [0.3, 0.4) is 0 Å². The maximum Gasteiger partial charge on any atom is 0.237 e. The Labute approximate surface area is 180 Å². The zero-order valence-electron chi connectivity index (χ0n) is 17.6. The predicted molar refractivity (Wildman–Crippen MR) is 118 cm³/mol. The third-order valence-electron chi connectivity index (χ3n) is 6.16. The van der Waals surface area contributed by atoms with Crippen molar-refractivity contribution in [1.82, 2.24) is 20.4 Å². The largest absolute Gasteiger partial charge is 0.354 e. The number of nitrogens with zero attached hydrogens (tertiary/aromatic N) is 2. The molecule has 1 aromatic rings.